The van der Waals surface area contributed by atoms with Crippen LogP contribution < -0.4 is 9.96 Å². The highest BCUT2D eigenvalue weighted by molar-refractivity contribution is 6.31. The van der Waals surface area contributed by atoms with E-state index in [0.29, 0.717) is 22.0 Å². The van der Waals surface area contributed by atoms with Crippen LogP contribution in [0.5, 0.6) is 0 Å². The van der Waals surface area contributed by atoms with Crippen LogP contribution in [0.25, 0.3) is 0 Å². The molecule has 0 bridgehead atoms. The van der Waals surface area contributed by atoms with E-state index in [1.54, 1.807) is 66.7 Å². The maximum atomic E-state index is 13.5. The lowest BCUT2D eigenvalue weighted by molar-refractivity contribution is -0.385. The quantitative estimate of drug-likeness (QED) is 0.335. The van der Waals surface area contributed by atoms with Crippen LogP contribution >= 0.6 is 11.6 Å². The molecule has 0 radical (unpaired) electrons. The number of carbonyl (C=O) groups excluding carboxylic acids is 2. The molecule has 9 heteroatoms. The number of amides is 2. The Morgan fingerprint density at radius 3 is 2.19 bits per heavy atom. The molecule has 5 rings (SSSR count). The first kappa shape index (κ1) is 20.2. The Morgan fingerprint density at radius 1 is 0.844 bits per heavy atom. The predicted molar refractivity (Wildman–Crippen MR) is 117 cm³/mol. The number of nitrogens with zero attached hydrogens (tertiary/aromatic N) is 3. The second-order valence-electron chi connectivity index (χ2n) is 7.46. The second kappa shape index (κ2) is 7.74. The first-order valence-corrected chi connectivity index (χ1v) is 10.2. The third-order valence-electron chi connectivity index (χ3n) is 5.66. The van der Waals surface area contributed by atoms with Gasteiger partial charge in [-0.1, -0.05) is 41.9 Å². The molecular weight excluding hydrogens is 434 g/mol. The molecule has 2 aliphatic rings. The molecule has 0 aromatic heterocycles. The van der Waals surface area contributed by atoms with E-state index in [2.05, 4.69) is 0 Å². The molecule has 2 saturated heterocycles. The van der Waals surface area contributed by atoms with Crippen molar-refractivity contribution in [3.05, 3.63) is 99.6 Å². The first-order chi connectivity index (χ1) is 15.5. The number of hydrogen-bond donors (Lipinski definition) is 0. The van der Waals surface area contributed by atoms with Crippen molar-refractivity contribution in [1.82, 2.24) is 0 Å². The van der Waals surface area contributed by atoms with E-state index in [1.165, 1.54) is 11.1 Å². The predicted octanol–water partition coefficient (Wildman–Crippen LogP) is 4.30. The van der Waals surface area contributed by atoms with Crippen LogP contribution in [0, 0.1) is 16.0 Å². The number of hydrogen-bond acceptors (Lipinski definition) is 6. The van der Waals surface area contributed by atoms with Crippen molar-refractivity contribution in [2.75, 3.05) is 9.96 Å². The van der Waals surface area contributed by atoms with E-state index in [9.17, 15) is 19.7 Å². The highest BCUT2D eigenvalue weighted by atomic mass is 35.5. The van der Waals surface area contributed by atoms with Crippen LogP contribution in [0.4, 0.5) is 17.1 Å². The van der Waals surface area contributed by atoms with E-state index < -0.39 is 34.8 Å². The lowest BCUT2D eigenvalue weighted by Gasteiger charge is -2.28. The van der Waals surface area contributed by atoms with Gasteiger partial charge in [0.05, 0.1) is 21.9 Å². The van der Waals surface area contributed by atoms with E-state index in [-0.39, 0.29) is 5.69 Å². The Morgan fingerprint density at radius 2 is 1.50 bits per heavy atom. The third kappa shape index (κ3) is 3.12. The van der Waals surface area contributed by atoms with Crippen molar-refractivity contribution in [3.8, 4) is 0 Å². The van der Waals surface area contributed by atoms with Gasteiger partial charge >= 0.3 is 0 Å². The Bertz CT molecular complexity index is 1220. The number of nitro groups is 1. The van der Waals surface area contributed by atoms with Crippen molar-refractivity contribution >= 4 is 40.5 Å². The van der Waals surface area contributed by atoms with Gasteiger partial charge in [-0.2, -0.15) is 0 Å². The number of imide groups is 1. The largest absolute Gasteiger partial charge is 0.274 e. The summed E-state index contributed by atoms with van der Waals surface area (Å²) in [7, 11) is 0. The van der Waals surface area contributed by atoms with Gasteiger partial charge in [-0.3, -0.25) is 24.5 Å². The number of hydroxylamine groups is 1. The minimum atomic E-state index is -1.11. The van der Waals surface area contributed by atoms with E-state index in [0.717, 1.165) is 4.90 Å². The SMILES string of the molecule is O=C1[C@H]2[C@@H](c3ccccc3[N+](=O)[O-])N(c3ccccc3)O[C@H]2C(=O)N1c1ccc(Cl)cc1. The molecule has 2 aliphatic heterocycles. The number of nitro benzene ring substituents is 1. The normalized spacial score (nSPS) is 22.3. The molecule has 2 amide bonds. The van der Waals surface area contributed by atoms with Gasteiger partial charge in [0.25, 0.3) is 11.6 Å². The number of carbonyl (C=O) groups is 2. The molecule has 8 nitrogen and oxygen atoms in total. The summed E-state index contributed by atoms with van der Waals surface area (Å²) in [6.07, 6.45) is -1.11. The van der Waals surface area contributed by atoms with Crippen LogP contribution in [0.1, 0.15) is 11.6 Å². The maximum Gasteiger partial charge on any atom is 0.274 e. The molecule has 2 heterocycles. The minimum absolute atomic E-state index is 0.145. The molecule has 0 spiro atoms. The van der Waals surface area contributed by atoms with Gasteiger partial charge in [-0.05, 0) is 42.5 Å². The maximum absolute atomic E-state index is 13.5. The molecule has 2 fully saturated rings. The van der Waals surface area contributed by atoms with Gasteiger partial charge in [0, 0.05) is 11.1 Å². The highest BCUT2D eigenvalue weighted by Crippen LogP contribution is 2.49. The summed E-state index contributed by atoms with van der Waals surface area (Å²) >= 11 is 5.94. The van der Waals surface area contributed by atoms with Crippen molar-refractivity contribution in [2.24, 2.45) is 5.92 Å². The average molecular weight is 450 g/mol. The fourth-order valence-electron chi connectivity index (χ4n) is 4.28. The minimum Gasteiger partial charge on any atom is -0.273 e. The van der Waals surface area contributed by atoms with E-state index in [4.69, 9.17) is 16.4 Å². The zero-order valence-corrected chi connectivity index (χ0v) is 17.3. The third-order valence-corrected chi connectivity index (χ3v) is 5.91. The summed E-state index contributed by atoms with van der Waals surface area (Å²) in [6, 6.07) is 20.6. The zero-order chi connectivity index (χ0) is 22.4. The first-order valence-electron chi connectivity index (χ1n) is 9.85. The number of anilines is 2. The van der Waals surface area contributed by atoms with Crippen molar-refractivity contribution in [1.29, 1.82) is 0 Å². The smallest absolute Gasteiger partial charge is 0.273 e. The van der Waals surface area contributed by atoms with Crippen molar-refractivity contribution in [2.45, 2.75) is 12.1 Å². The highest BCUT2D eigenvalue weighted by Gasteiger charge is 2.61. The Labute approximate surface area is 187 Å². The molecule has 32 heavy (non-hydrogen) atoms. The monoisotopic (exact) mass is 449 g/mol. The Hall–Kier alpha value is -3.75. The number of benzene rings is 3. The molecular formula is C23H16ClN3O5. The summed E-state index contributed by atoms with van der Waals surface area (Å²) < 4.78 is 0. The molecule has 0 N–H and O–H groups in total. The van der Waals surface area contributed by atoms with Crippen molar-refractivity contribution < 1.29 is 19.3 Å². The molecule has 0 aliphatic carbocycles. The van der Waals surface area contributed by atoms with Gasteiger partial charge in [0.15, 0.2) is 6.10 Å². The van der Waals surface area contributed by atoms with Gasteiger partial charge < -0.3 is 0 Å². The number of rotatable bonds is 4. The second-order valence-corrected chi connectivity index (χ2v) is 7.90. The summed E-state index contributed by atoms with van der Waals surface area (Å²) in [5, 5.41) is 13.7. The molecule has 3 atom stereocenters. The molecule has 160 valence electrons. The van der Waals surface area contributed by atoms with Crippen LogP contribution in [0.3, 0.4) is 0 Å². The summed E-state index contributed by atoms with van der Waals surface area (Å²) in [5.74, 6) is -1.97. The van der Waals surface area contributed by atoms with Crippen LogP contribution in [-0.2, 0) is 14.4 Å². The van der Waals surface area contributed by atoms with E-state index >= 15 is 0 Å². The van der Waals surface area contributed by atoms with Crippen molar-refractivity contribution in [3.63, 3.8) is 0 Å². The topological polar surface area (TPSA) is 93.0 Å². The van der Waals surface area contributed by atoms with Gasteiger partial charge in [0.2, 0.25) is 5.91 Å². The van der Waals surface area contributed by atoms with Crippen LogP contribution in [0.2, 0.25) is 5.02 Å². The Balaban J connectivity index is 1.63. The molecule has 3 aromatic carbocycles. The van der Waals surface area contributed by atoms with E-state index in [1.807, 2.05) is 6.07 Å². The van der Waals surface area contributed by atoms with Gasteiger partial charge in [0.1, 0.15) is 12.0 Å². The van der Waals surface area contributed by atoms with Crippen LogP contribution in [-0.4, -0.2) is 22.8 Å². The number of halogens is 1. The Kier molecular flexibility index (Phi) is 4.88. The standard InChI is InChI=1S/C23H16ClN3O5/c24-14-10-12-15(13-11-14)25-22(28)19-20(17-8-4-5-9-18(17)27(30)31)26(32-21(19)23(25)29)16-6-2-1-3-7-16/h1-13,19-21H/t19-,20+,21+/m0/s1. The summed E-state index contributed by atoms with van der Waals surface area (Å²) in [6.45, 7) is 0. The lowest BCUT2D eigenvalue weighted by Crippen LogP contribution is -2.37. The molecule has 0 unspecified atom stereocenters. The summed E-state index contributed by atoms with van der Waals surface area (Å²) in [4.78, 5) is 45.1. The summed E-state index contributed by atoms with van der Waals surface area (Å²) in [5.41, 5.74) is 1.11. The van der Waals surface area contributed by atoms with Gasteiger partial charge in [-0.25, -0.2) is 9.96 Å². The number of para-hydroxylation sites is 2. The molecule has 0 saturated carbocycles. The molecule has 3 aromatic rings. The fourth-order valence-corrected chi connectivity index (χ4v) is 4.40. The fraction of sp³-hybridized carbons (Fsp3) is 0.130. The van der Waals surface area contributed by atoms with Crippen LogP contribution in [0.15, 0.2) is 78.9 Å². The number of fused-ring (bicyclic) bond motifs is 1. The zero-order valence-electron chi connectivity index (χ0n) is 16.5. The lowest BCUT2D eigenvalue weighted by atomic mass is 9.89. The average Bonchev–Trinajstić information content (AvgIpc) is 3.31. The van der Waals surface area contributed by atoms with Gasteiger partial charge in [-0.15, -0.1) is 0 Å².